The molecule has 1 saturated heterocycles. The van der Waals surface area contributed by atoms with Gasteiger partial charge in [-0.3, -0.25) is 24.8 Å². The molecular formula is C21H32N6O3. The van der Waals surface area contributed by atoms with Crippen molar-refractivity contribution >= 4 is 24.1 Å². The SMILES string of the molecule is CN[C@H](Cc1ccccc1)C(=O)NC(=O)[C@@H]1CCCN1[C@H](C=O)CCCN=C(N)N. The highest BCUT2D eigenvalue weighted by Gasteiger charge is 2.36. The number of likely N-dealkylation sites (N-methyl/N-ethyl adjacent to an activating group) is 1. The van der Waals surface area contributed by atoms with Crippen LogP contribution in [0.4, 0.5) is 0 Å². The van der Waals surface area contributed by atoms with Crippen molar-refractivity contribution in [2.24, 2.45) is 16.5 Å². The number of aldehydes is 1. The van der Waals surface area contributed by atoms with E-state index in [1.165, 1.54) is 0 Å². The minimum absolute atomic E-state index is 0.0178. The van der Waals surface area contributed by atoms with Crippen molar-refractivity contribution in [1.29, 1.82) is 0 Å². The maximum atomic E-state index is 12.8. The van der Waals surface area contributed by atoms with Gasteiger partial charge in [-0.2, -0.15) is 0 Å². The van der Waals surface area contributed by atoms with Gasteiger partial charge in [-0.15, -0.1) is 0 Å². The number of carbonyl (C=O) groups is 3. The largest absolute Gasteiger partial charge is 0.370 e. The second-order valence-corrected chi connectivity index (χ2v) is 7.43. The van der Waals surface area contributed by atoms with Gasteiger partial charge in [-0.1, -0.05) is 30.3 Å². The lowest BCUT2D eigenvalue weighted by Gasteiger charge is -2.29. The van der Waals surface area contributed by atoms with Crippen LogP contribution in [0, 0.1) is 0 Å². The number of amides is 2. The number of guanidine groups is 1. The molecule has 0 aromatic heterocycles. The number of nitrogens with zero attached hydrogens (tertiary/aromatic N) is 2. The lowest BCUT2D eigenvalue weighted by Crippen LogP contribution is -2.53. The summed E-state index contributed by atoms with van der Waals surface area (Å²) in [6.07, 6.45) is 3.92. The number of nitrogens with two attached hydrogens (primary N) is 2. The molecule has 1 aromatic carbocycles. The molecule has 3 atom stereocenters. The van der Waals surface area contributed by atoms with E-state index in [0.29, 0.717) is 38.8 Å². The van der Waals surface area contributed by atoms with Gasteiger partial charge in [0.2, 0.25) is 11.8 Å². The van der Waals surface area contributed by atoms with Crippen LogP contribution in [-0.2, 0) is 20.8 Å². The maximum Gasteiger partial charge on any atom is 0.244 e. The first-order chi connectivity index (χ1) is 14.5. The number of imide groups is 1. The Labute approximate surface area is 177 Å². The Balaban J connectivity index is 1.94. The van der Waals surface area contributed by atoms with Gasteiger partial charge in [-0.05, 0) is 51.3 Å². The Kier molecular flexibility index (Phi) is 9.43. The van der Waals surface area contributed by atoms with Crippen molar-refractivity contribution in [3.63, 3.8) is 0 Å². The summed E-state index contributed by atoms with van der Waals surface area (Å²) in [5, 5.41) is 5.50. The fraction of sp³-hybridized carbons (Fsp3) is 0.524. The van der Waals surface area contributed by atoms with Gasteiger partial charge in [-0.25, -0.2) is 0 Å². The molecule has 9 nitrogen and oxygen atoms in total. The van der Waals surface area contributed by atoms with Gasteiger partial charge in [0.05, 0.1) is 18.1 Å². The quantitative estimate of drug-likeness (QED) is 0.165. The van der Waals surface area contributed by atoms with Crippen molar-refractivity contribution in [2.75, 3.05) is 20.1 Å². The Hall–Kier alpha value is -2.78. The Morgan fingerprint density at radius 3 is 2.67 bits per heavy atom. The van der Waals surface area contributed by atoms with E-state index >= 15 is 0 Å². The highest BCUT2D eigenvalue weighted by atomic mass is 16.2. The zero-order chi connectivity index (χ0) is 21.9. The first kappa shape index (κ1) is 23.5. The molecule has 2 rings (SSSR count). The lowest BCUT2D eigenvalue weighted by atomic mass is 10.0. The number of hydrogen-bond donors (Lipinski definition) is 4. The van der Waals surface area contributed by atoms with Gasteiger partial charge in [0.25, 0.3) is 0 Å². The van der Waals surface area contributed by atoms with E-state index in [2.05, 4.69) is 15.6 Å². The molecule has 1 heterocycles. The topological polar surface area (TPSA) is 143 Å². The molecular weight excluding hydrogens is 384 g/mol. The van der Waals surface area contributed by atoms with E-state index < -0.39 is 18.1 Å². The monoisotopic (exact) mass is 416 g/mol. The minimum atomic E-state index is -0.521. The standard InChI is InChI=1S/C21H32N6O3/c1-24-17(13-15-7-3-2-4-8-15)19(29)26-20(30)18-10-6-12-27(18)16(14-28)9-5-11-25-21(22)23/h2-4,7-8,14,16-18,24H,5-6,9-13H2,1H3,(H4,22,23,25)(H,26,29,30)/t16-,17+,18-/m0/s1. The summed E-state index contributed by atoms with van der Waals surface area (Å²) < 4.78 is 0. The van der Waals surface area contributed by atoms with E-state index in [1.54, 1.807) is 7.05 Å². The number of carbonyl (C=O) groups excluding carboxylic acids is 3. The minimum Gasteiger partial charge on any atom is -0.370 e. The second-order valence-electron chi connectivity index (χ2n) is 7.43. The Morgan fingerprint density at radius 2 is 2.03 bits per heavy atom. The predicted molar refractivity (Wildman–Crippen MR) is 116 cm³/mol. The zero-order valence-electron chi connectivity index (χ0n) is 17.4. The first-order valence-electron chi connectivity index (χ1n) is 10.3. The summed E-state index contributed by atoms with van der Waals surface area (Å²) in [5.41, 5.74) is 11.6. The molecule has 1 aliphatic heterocycles. The molecule has 1 aromatic rings. The molecule has 1 aliphatic rings. The summed E-state index contributed by atoms with van der Waals surface area (Å²) in [6.45, 7) is 1.07. The molecule has 0 saturated carbocycles. The molecule has 0 unspecified atom stereocenters. The first-order valence-corrected chi connectivity index (χ1v) is 10.3. The van der Waals surface area contributed by atoms with Crippen LogP contribution in [0.5, 0.6) is 0 Å². The second kappa shape index (κ2) is 12.0. The highest BCUT2D eigenvalue weighted by molar-refractivity contribution is 6.00. The zero-order valence-corrected chi connectivity index (χ0v) is 17.4. The van der Waals surface area contributed by atoms with Crippen LogP contribution in [0.3, 0.4) is 0 Å². The summed E-state index contributed by atoms with van der Waals surface area (Å²) in [7, 11) is 1.69. The van der Waals surface area contributed by atoms with E-state index in [-0.39, 0.29) is 17.8 Å². The number of nitrogens with one attached hydrogen (secondary N) is 2. The van der Waals surface area contributed by atoms with Crippen LogP contribution < -0.4 is 22.1 Å². The van der Waals surface area contributed by atoms with Gasteiger partial charge in [0.1, 0.15) is 6.29 Å². The summed E-state index contributed by atoms with van der Waals surface area (Å²) >= 11 is 0. The van der Waals surface area contributed by atoms with Crippen molar-refractivity contribution in [2.45, 2.75) is 50.2 Å². The molecule has 0 spiro atoms. The third-order valence-electron chi connectivity index (χ3n) is 5.33. The van der Waals surface area contributed by atoms with Crippen molar-refractivity contribution in [1.82, 2.24) is 15.5 Å². The normalized spacial score (nSPS) is 18.4. The van der Waals surface area contributed by atoms with E-state index in [0.717, 1.165) is 18.3 Å². The maximum absolute atomic E-state index is 12.8. The number of rotatable bonds is 11. The molecule has 0 bridgehead atoms. The fourth-order valence-corrected chi connectivity index (χ4v) is 3.76. The van der Waals surface area contributed by atoms with Gasteiger partial charge in [0.15, 0.2) is 5.96 Å². The molecule has 0 aliphatic carbocycles. The molecule has 2 amide bonds. The van der Waals surface area contributed by atoms with Crippen LogP contribution >= 0.6 is 0 Å². The number of likely N-dealkylation sites (tertiary alicyclic amines) is 1. The van der Waals surface area contributed by atoms with Crippen LogP contribution in [0.25, 0.3) is 0 Å². The third kappa shape index (κ3) is 6.93. The smallest absolute Gasteiger partial charge is 0.244 e. The molecule has 164 valence electrons. The predicted octanol–water partition coefficient (Wildman–Crippen LogP) is -0.455. The lowest BCUT2D eigenvalue weighted by molar-refractivity contribution is -0.134. The molecule has 30 heavy (non-hydrogen) atoms. The van der Waals surface area contributed by atoms with E-state index in [1.807, 2.05) is 35.2 Å². The number of benzene rings is 1. The summed E-state index contributed by atoms with van der Waals surface area (Å²) in [6, 6.07) is 8.19. The van der Waals surface area contributed by atoms with Crippen LogP contribution in [-0.4, -0.2) is 67.2 Å². The van der Waals surface area contributed by atoms with Crippen LogP contribution in [0.2, 0.25) is 0 Å². The average molecular weight is 417 g/mol. The summed E-state index contributed by atoms with van der Waals surface area (Å²) in [4.78, 5) is 42.9. The van der Waals surface area contributed by atoms with Crippen LogP contribution in [0.15, 0.2) is 35.3 Å². The van der Waals surface area contributed by atoms with E-state index in [4.69, 9.17) is 11.5 Å². The fourth-order valence-electron chi connectivity index (χ4n) is 3.76. The number of aliphatic imine (C=N–C) groups is 1. The van der Waals surface area contributed by atoms with Gasteiger partial charge >= 0.3 is 0 Å². The molecule has 0 radical (unpaired) electrons. The summed E-state index contributed by atoms with van der Waals surface area (Å²) in [5.74, 6) is -0.709. The average Bonchev–Trinajstić information content (AvgIpc) is 3.22. The molecule has 9 heteroatoms. The van der Waals surface area contributed by atoms with Gasteiger partial charge in [0, 0.05) is 6.54 Å². The van der Waals surface area contributed by atoms with Crippen molar-refractivity contribution in [3.05, 3.63) is 35.9 Å². The van der Waals surface area contributed by atoms with Crippen molar-refractivity contribution in [3.8, 4) is 0 Å². The third-order valence-corrected chi connectivity index (χ3v) is 5.33. The number of hydrogen-bond acceptors (Lipinski definition) is 6. The Morgan fingerprint density at radius 1 is 1.30 bits per heavy atom. The van der Waals surface area contributed by atoms with Crippen molar-refractivity contribution < 1.29 is 14.4 Å². The van der Waals surface area contributed by atoms with E-state index in [9.17, 15) is 14.4 Å². The van der Waals surface area contributed by atoms with Gasteiger partial charge < -0.3 is 21.6 Å². The molecule has 6 N–H and O–H groups in total. The highest BCUT2D eigenvalue weighted by Crippen LogP contribution is 2.22. The Bertz CT molecular complexity index is 736. The molecule has 1 fully saturated rings. The van der Waals surface area contributed by atoms with Crippen LogP contribution in [0.1, 0.15) is 31.2 Å².